The van der Waals surface area contributed by atoms with E-state index in [1.165, 1.54) is 0 Å². The molecule has 1 fully saturated rings. The molecule has 74 valence electrons. The van der Waals surface area contributed by atoms with Gasteiger partial charge in [0, 0.05) is 5.75 Å². The van der Waals surface area contributed by atoms with E-state index in [1.54, 1.807) is 16.7 Å². The summed E-state index contributed by atoms with van der Waals surface area (Å²) in [6.07, 6.45) is 6.09. The zero-order chi connectivity index (χ0) is 10.2. The lowest BCUT2D eigenvalue weighted by Crippen LogP contribution is -2.54. The van der Waals surface area contributed by atoms with Crippen LogP contribution in [0.5, 0.6) is 0 Å². The maximum atomic E-state index is 11.5. The van der Waals surface area contributed by atoms with Crippen LogP contribution in [0.3, 0.4) is 0 Å². The van der Waals surface area contributed by atoms with Crippen LogP contribution in [0.15, 0.2) is 4.99 Å². The highest BCUT2D eigenvalue weighted by molar-refractivity contribution is 7.99. The van der Waals surface area contributed by atoms with Gasteiger partial charge in [-0.2, -0.15) is 16.8 Å². The van der Waals surface area contributed by atoms with Crippen LogP contribution in [0.25, 0.3) is 0 Å². The second kappa shape index (κ2) is 3.21. The van der Waals surface area contributed by atoms with Crippen molar-refractivity contribution in [2.45, 2.75) is 12.0 Å². The molecule has 2 rings (SSSR count). The first-order chi connectivity index (χ1) is 6.70. The van der Waals surface area contributed by atoms with E-state index in [0.29, 0.717) is 12.4 Å². The van der Waals surface area contributed by atoms with Crippen molar-refractivity contribution in [1.29, 1.82) is 0 Å². The average molecular weight is 209 g/mol. The lowest BCUT2D eigenvalue weighted by Gasteiger charge is -2.32. The molecule has 0 aromatic heterocycles. The number of nitrogens with zero attached hydrogens (tertiary/aromatic N) is 2. The minimum Gasteiger partial charge on any atom is -0.385 e. The Morgan fingerprint density at radius 1 is 1.79 bits per heavy atom. The molecule has 0 saturated carbocycles. The Bertz CT molecular complexity index is 338. The minimum absolute atomic E-state index is 0.289. The van der Waals surface area contributed by atoms with E-state index in [2.05, 4.69) is 10.9 Å². The first kappa shape index (κ1) is 9.41. The Labute approximate surface area is 86.9 Å². The zero-order valence-corrected chi connectivity index (χ0v) is 8.51. The zero-order valence-electron chi connectivity index (χ0n) is 7.69. The summed E-state index contributed by atoms with van der Waals surface area (Å²) in [4.78, 5) is 16.9. The minimum atomic E-state index is -0.381. The first-order valence-electron chi connectivity index (χ1n) is 4.38. The molecule has 0 radical (unpaired) electrons. The number of aliphatic imine (C=N–C) groups is 1. The Morgan fingerprint density at radius 2 is 2.57 bits per heavy atom. The number of carbonyl (C=O) groups is 1. The van der Waals surface area contributed by atoms with E-state index >= 15 is 0 Å². The molecule has 2 aliphatic heterocycles. The van der Waals surface area contributed by atoms with Gasteiger partial charge in [0.1, 0.15) is 11.4 Å². The Kier molecular flexibility index (Phi) is 2.16. The van der Waals surface area contributed by atoms with Gasteiger partial charge in [-0.15, -0.1) is 6.42 Å². The number of rotatable bonds is 1. The molecular weight excluding hydrogens is 198 g/mol. The van der Waals surface area contributed by atoms with Crippen molar-refractivity contribution in [2.75, 3.05) is 18.1 Å². The van der Waals surface area contributed by atoms with Crippen LogP contribution in [0.4, 0.5) is 4.79 Å². The molecule has 2 N–H and O–H groups in total. The third-order valence-electron chi connectivity index (χ3n) is 2.69. The van der Waals surface area contributed by atoms with Crippen LogP contribution in [-0.2, 0) is 0 Å². The van der Waals surface area contributed by atoms with Crippen molar-refractivity contribution >= 4 is 23.6 Å². The van der Waals surface area contributed by atoms with Crippen LogP contribution in [0.1, 0.15) is 6.42 Å². The molecule has 1 atom stereocenters. The normalized spacial score (nSPS) is 30.9. The van der Waals surface area contributed by atoms with E-state index in [0.717, 1.165) is 17.9 Å². The Hall–Kier alpha value is -1.15. The van der Waals surface area contributed by atoms with Gasteiger partial charge in [0.05, 0.1) is 6.54 Å². The molecule has 1 unspecified atom stereocenters. The lowest BCUT2D eigenvalue weighted by atomic mass is 9.96. The number of hydrogen-bond donors (Lipinski definition) is 1. The number of amidine groups is 1. The number of carbonyl (C=O) groups excluding carboxylic acids is 1. The summed E-state index contributed by atoms with van der Waals surface area (Å²) in [5.41, 5.74) is 5.41. The average Bonchev–Trinajstić information content (AvgIpc) is 2.70. The van der Waals surface area contributed by atoms with Gasteiger partial charge < -0.3 is 5.73 Å². The second-order valence-electron chi connectivity index (χ2n) is 3.40. The largest absolute Gasteiger partial charge is 0.385 e. The summed E-state index contributed by atoms with van der Waals surface area (Å²) >= 11 is 1.78. The highest BCUT2D eigenvalue weighted by Crippen LogP contribution is 2.36. The summed E-state index contributed by atoms with van der Waals surface area (Å²) in [5.74, 6) is 4.73. The van der Waals surface area contributed by atoms with Crippen LogP contribution in [-0.4, -0.2) is 40.4 Å². The number of nitrogens with two attached hydrogens (primary N) is 1. The second-order valence-corrected chi connectivity index (χ2v) is 4.51. The molecule has 2 heterocycles. The van der Waals surface area contributed by atoms with Gasteiger partial charge in [0.25, 0.3) is 0 Å². The van der Waals surface area contributed by atoms with Gasteiger partial charge in [-0.3, -0.25) is 4.90 Å². The summed E-state index contributed by atoms with van der Waals surface area (Å²) in [6.45, 7) is 0.295. The summed E-state index contributed by atoms with van der Waals surface area (Å²) in [5, 5.41) is 0. The highest BCUT2D eigenvalue weighted by atomic mass is 32.2. The standard InChI is InChI=1S/C9H11N3OS/c1-2-4-12-8(13)11-7(10)9(12)3-5-14-6-9/h1H,3-6H2,(H2,10,11,13). The summed E-state index contributed by atoms with van der Waals surface area (Å²) in [7, 11) is 0. The van der Waals surface area contributed by atoms with Crippen molar-refractivity contribution in [1.82, 2.24) is 4.90 Å². The molecule has 0 aliphatic carbocycles. The van der Waals surface area contributed by atoms with E-state index < -0.39 is 0 Å². The van der Waals surface area contributed by atoms with Gasteiger partial charge in [-0.05, 0) is 12.2 Å². The molecule has 0 aromatic rings. The van der Waals surface area contributed by atoms with Gasteiger partial charge in [0.15, 0.2) is 0 Å². The Morgan fingerprint density at radius 3 is 3.14 bits per heavy atom. The quantitative estimate of drug-likeness (QED) is 0.631. The highest BCUT2D eigenvalue weighted by Gasteiger charge is 2.50. The summed E-state index contributed by atoms with van der Waals surface area (Å²) < 4.78 is 0. The smallest absolute Gasteiger partial charge is 0.346 e. The molecule has 0 aromatic carbocycles. The summed E-state index contributed by atoms with van der Waals surface area (Å²) in [6, 6.07) is -0.289. The van der Waals surface area contributed by atoms with Crippen LogP contribution in [0.2, 0.25) is 0 Å². The van der Waals surface area contributed by atoms with Crippen LogP contribution < -0.4 is 5.73 Å². The molecule has 1 spiro atoms. The van der Waals surface area contributed by atoms with Crippen molar-refractivity contribution < 1.29 is 4.79 Å². The third kappa shape index (κ3) is 1.11. The van der Waals surface area contributed by atoms with E-state index in [4.69, 9.17) is 12.2 Å². The van der Waals surface area contributed by atoms with Gasteiger partial charge >= 0.3 is 6.03 Å². The number of thioether (sulfide) groups is 1. The number of amides is 2. The number of hydrogen-bond acceptors (Lipinski definition) is 3. The topological polar surface area (TPSA) is 58.7 Å². The number of urea groups is 1. The fourth-order valence-corrected chi connectivity index (χ4v) is 3.28. The maximum absolute atomic E-state index is 11.5. The van der Waals surface area contributed by atoms with Crippen molar-refractivity contribution in [3.8, 4) is 12.3 Å². The van der Waals surface area contributed by atoms with Crippen LogP contribution >= 0.6 is 11.8 Å². The van der Waals surface area contributed by atoms with Gasteiger partial charge in [-0.1, -0.05) is 5.92 Å². The molecular formula is C9H11N3OS. The van der Waals surface area contributed by atoms with Crippen molar-refractivity contribution in [2.24, 2.45) is 10.7 Å². The Balaban J connectivity index is 2.33. The number of terminal acetylenes is 1. The fraction of sp³-hybridized carbons (Fsp3) is 0.556. The first-order valence-corrected chi connectivity index (χ1v) is 5.53. The predicted octanol–water partition coefficient (Wildman–Crippen LogP) is 0.288. The van der Waals surface area contributed by atoms with Crippen LogP contribution in [0, 0.1) is 12.3 Å². The van der Waals surface area contributed by atoms with E-state index in [9.17, 15) is 4.79 Å². The molecule has 14 heavy (non-hydrogen) atoms. The molecule has 5 heteroatoms. The molecule has 2 aliphatic rings. The van der Waals surface area contributed by atoms with Gasteiger partial charge in [-0.25, -0.2) is 4.79 Å². The monoisotopic (exact) mass is 209 g/mol. The van der Waals surface area contributed by atoms with Crippen molar-refractivity contribution in [3.05, 3.63) is 0 Å². The maximum Gasteiger partial charge on any atom is 0.346 e. The SMILES string of the molecule is C#CCN1C(=O)N=C(N)C12CCSC2. The lowest BCUT2D eigenvalue weighted by molar-refractivity contribution is 0.191. The third-order valence-corrected chi connectivity index (χ3v) is 3.87. The molecule has 1 saturated heterocycles. The van der Waals surface area contributed by atoms with Gasteiger partial charge in [0.2, 0.25) is 0 Å². The fourth-order valence-electron chi connectivity index (χ4n) is 1.87. The van der Waals surface area contributed by atoms with E-state index in [-0.39, 0.29) is 11.6 Å². The van der Waals surface area contributed by atoms with E-state index in [1.807, 2.05) is 0 Å². The molecule has 4 nitrogen and oxygen atoms in total. The van der Waals surface area contributed by atoms with Crippen molar-refractivity contribution in [3.63, 3.8) is 0 Å². The molecule has 0 bridgehead atoms. The molecule has 2 amide bonds. The predicted molar refractivity (Wildman–Crippen MR) is 57.2 cm³/mol.